The van der Waals surface area contributed by atoms with Crippen LogP contribution in [0.5, 0.6) is 0 Å². The number of sulfonamides is 1. The van der Waals surface area contributed by atoms with Gasteiger partial charge in [0.25, 0.3) is 0 Å². The first-order valence-electron chi connectivity index (χ1n) is 6.85. The Kier molecular flexibility index (Phi) is 7.35. The molecule has 1 aromatic carbocycles. The fourth-order valence-corrected chi connectivity index (χ4v) is 2.43. The normalized spacial score (nSPS) is 12.2. The van der Waals surface area contributed by atoms with Gasteiger partial charge < -0.3 is 4.90 Å². The average molecular weight is 312 g/mol. The Hall–Kier alpha value is -1.44. The molecule has 1 aromatic rings. The maximum Gasteiger partial charge on any atom is 0.215 e. The molecule has 0 aliphatic carbocycles. The van der Waals surface area contributed by atoms with Gasteiger partial charge in [-0.25, -0.2) is 13.1 Å². The largest absolute Gasteiger partial charge is 0.309 e. The van der Waals surface area contributed by atoms with E-state index in [-0.39, 0.29) is 5.75 Å². The van der Waals surface area contributed by atoms with Gasteiger partial charge in [-0.15, -0.1) is 0 Å². The van der Waals surface area contributed by atoms with Gasteiger partial charge >= 0.3 is 0 Å². The quantitative estimate of drug-likeness (QED) is 0.411. The molecule has 118 valence electrons. The molecular weight excluding hydrogens is 288 g/mol. The van der Waals surface area contributed by atoms with Gasteiger partial charge in [0.1, 0.15) is 0 Å². The van der Waals surface area contributed by atoms with Gasteiger partial charge in [0.15, 0.2) is 0 Å². The number of benzene rings is 1. The maximum atomic E-state index is 11.4. The fourth-order valence-electron chi connectivity index (χ4n) is 1.65. The van der Waals surface area contributed by atoms with Crippen LogP contribution in [-0.2, 0) is 15.8 Å². The van der Waals surface area contributed by atoms with Crippen molar-refractivity contribution >= 4 is 21.9 Å². The molecule has 1 rings (SSSR count). The molecule has 0 aromatic heterocycles. The van der Waals surface area contributed by atoms with Crippen LogP contribution in [0.15, 0.2) is 29.4 Å². The molecule has 0 heterocycles. The Morgan fingerprint density at radius 1 is 1.24 bits per heavy atom. The Balaban J connectivity index is 2.39. The highest BCUT2D eigenvalue weighted by atomic mass is 32.2. The van der Waals surface area contributed by atoms with Crippen molar-refractivity contribution in [2.45, 2.75) is 18.6 Å². The molecule has 7 heteroatoms. The molecule has 0 radical (unpaired) electrons. The monoisotopic (exact) mass is 312 g/mol. The van der Waals surface area contributed by atoms with Crippen molar-refractivity contribution < 1.29 is 8.42 Å². The summed E-state index contributed by atoms with van der Waals surface area (Å²) >= 11 is 0. The Morgan fingerprint density at radius 3 is 2.48 bits per heavy atom. The molecule has 0 amide bonds. The zero-order valence-corrected chi connectivity index (χ0v) is 13.7. The van der Waals surface area contributed by atoms with Crippen molar-refractivity contribution in [3.05, 3.63) is 29.8 Å². The standard InChI is InChI=1S/C14H24N4O2S/c1-15-21(19,20)12-13-6-8-14(9-7-13)17-16-10-4-5-11-18(2)3/h6-10,15,17H,4-5,11-12H2,1-3H3/b16-10-. The minimum Gasteiger partial charge on any atom is -0.309 e. The molecule has 0 atom stereocenters. The van der Waals surface area contributed by atoms with E-state index in [1.807, 2.05) is 32.4 Å². The molecule has 0 saturated carbocycles. The molecule has 0 bridgehead atoms. The summed E-state index contributed by atoms with van der Waals surface area (Å²) in [5.41, 5.74) is 4.51. The van der Waals surface area contributed by atoms with Gasteiger partial charge in [0.2, 0.25) is 10.0 Å². The summed E-state index contributed by atoms with van der Waals surface area (Å²) in [5, 5.41) is 4.13. The SMILES string of the molecule is CNS(=O)(=O)Cc1ccc(N/N=C\CCCN(C)C)cc1. The molecular formula is C14H24N4O2S. The Morgan fingerprint density at radius 2 is 1.90 bits per heavy atom. The lowest BCUT2D eigenvalue weighted by atomic mass is 10.2. The topological polar surface area (TPSA) is 73.8 Å². The van der Waals surface area contributed by atoms with Gasteiger partial charge in [-0.1, -0.05) is 12.1 Å². The van der Waals surface area contributed by atoms with Crippen LogP contribution < -0.4 is 10.1 Å². The van der Waals surface area contributed by atoms with E-state index < -0.39 is 10.0 Å². The van der Waals surface area contributed by atoms with E-state index in [1.165, 1.54) is 7.05 Å². The van der Waals surface area contributed by atoms with Crippen molar-refractivity contribution in [1.82, 2.24) is 9.62 Å². The Bertz CT molecular complexity index is 539. The van der Waals surface area contributed by atoms with E-state index in [0.717, 1.165) is 30.6 Å². The lowest BCUT2D eigenvalue weighted by molar-refractivity contribution is 0.404. The van der Waals surface area contributed by atoms with E-state index in [9.17, 15) is 8.42 Å². The van der Waals surface area contributed by atoms with E-state index in [2.05, 4.69) is 20.1 Å². The second-order valence-corrected chi connectivity index (χ2v) is 6.96. The second-order valence-electron chi connectivity index (χ2n) is 5.03. The van der Waals surface area contributed by atoms with Crippen molar-refractivity contribution in [2.75, 3.05) is 33.1 Å². The van der Waals surface area contributed by atoms with Crippen LogP contribution >= 0.6 is 0 Å². The van der Waals surface area contributed by atoms with E-state index in [0.29, 0.717) is 0 Å². The molecule has 0 aliphatic heterocycles. The molecule has 0 spiro atoms. The lowest BCUT2D eigenvalue weighted by Crippen LogP contribution is -2.20. The highest BCUT2D eigenvalue weighted by molar-refractivity contribution is 7.88. The molecule has 2 N–H and O–H groups in total. The van der Waals surface area contributed by atoms with Crippen LogP contribution in [0.3, 0.4) is 0 Å². The summed E-state index contributed by atoms with van der Waals surface area (Å²) in [6, 6.07) is 7.19. The number of rotatable bonds is 9. The molecule has 0 fully saturated rings. The van der Waals surface area contributed by atoms with Gasteiger partial charge in [-0.05, 0) is 58.2 Å². The van der Waals surface area contributed by atoms with E-state index in [4.69, 9.17) is 0 Å². The minimum atomic E-state index is -3.22. The van der Waals surface area contributed by atoms with Crippen LogP contribution in [0.2, 0.25) is 0 Å². The van der Waals surface area contributed by atoms with Crippen LogP contribution in [0.4, 0.5) is 5.69 Å². The fraction of sp³-hybridized carbons (Fsp3) is 0.500. The first-order chi connectivity index (χ1) is 9.93. The van der Waals surface area contributed by atoms with Crippen LogP contribution in [0, 0.1) is 0 Å². The predicted octanol–water partition coefficient (Wildman–Crippen LogP) is 1.48. The molecule has 6 nitrogen and oxygen atoms in total. The average Bonchev–Trinajstić information content (AvgIpc) is 2.44. The first kappa shape index (κ1) is 17.6. The zero-order valence-electron chi connectivity index (χ0n) is 12.8. The van der Waals surface area contributed by atoms with Crippen LogP contribution in [-0.4, -0.2) is 47.2 Å². The smallest absolute Gasteiger partial charge is 0.215 e. The number of anilines is 1. The maximum absolute atomic E-state index is 11.4. The van der Waals surface area contributed by atoms with Gasteiger partial charge in [0, 0.05) is 6.21 Å². The first-order valence-corrected chi connectivity index (χ1v) is 8.50. The summed E-state index contributed by atoms with van der Waals surface area (Å²) in [6.07, 6.45) is 3.84. The summed E-state index contributed by atoms with van der Waals surface area (Å²) < 4.78 is 25.1. The number of hydrogen-bond donors (Lipinski definition) is 2. The van der Waals surface area contributed by atoms with Gasteiger partial charge in [-0.2, -0.15) is 5.10 Å². The summed E-state index contributed by atoms with van der Waals surface area (Å²) in [7, 11) is 2.28. The predicted molar refractivity (Wildman–Crippen MR) is 88.0 cm³/mol. The molecule has 0 unspecified atom stereocenters. The highest BCUT2D eigenvalue weighted by Gasteiger charge is 2.07. The number of hydrazone groups is 1. The minimum absolute atomic E-state index is 0.0163. The van der Waals surface area contributed by atoms with Crippen LogP contribution in [0.1, 0.15) is 18.4 Å². The van der Waals surface area contributed by atoms with E-state index >= 15 is 0 Å². The van der Waals surface area contributed by atoms with Crippen molar-refractivity contribution in [2.24, 2.45) is 5.10 Å². The molecule has 0 aliphatic rings. The van der Waals surface area contributed by atoms with Crippen molar-refractivity contribution in [1.29, 1.82) is 0 Å². The highest BCUT2D eigenvalue weighted by Crippen LogP contribution is 2.11. The Labute approximate surface area is 127 Å². The third kappa shape index (κ3) is 7.79. The number of nitrogens with zero attached hydrogens (tertiary/aromatic N) is 2. The summed E-state index contributed by atoms with van der Waals surface area (Å²) in [6.45, 7) is 1.04. The van der Waals surface area contributed by atoms with Crippen molar-refractivity contribution in [3.8, 4) is 0 Å². The van der Waals surface area contributed by atoms with Crippen molar-refractivity contribution in [3.63, 3.8) is 0 Å². The third-order valence-electron chi connectivity index (χ3n) is 2.85. The van der Waals surface area contributed by atoms with Gasteiger partial charge in [0.05, 0.1) is 11.4 Å². The molecule has 0 saturated heterocycles. The number of hydrogen-bond acceptors (Lipinski definition) is 5. The lowest BCUT2D eigenvalue weighted by Gasteiger charge is -2.06. The van der Waals surface area contributed by atoms with Crippen LogP contribution in [0.25, 0.3) is 0 Å². The second kappa shape index (κ2) is 8.76. The number of nitrogens with one attached hydrogen (secondary N) is 2. The molecule has 21 heavy (non-hydrogen) atoms. The number of unbranched alkanes of at least 4 members (excludes halogenated alkanes) is 1. The van der Waals surface area contributed by atoms with E-state index in [1.54, 1.807) is 12.1 Å². The van der Waals surface area contributed by atoms with Gasteiger partial charge in [-0.3, -0.25) is 5.43 Å². The third-order valence-corrected chi connectivity index (χ3v) is 4.18. The zero-order chi connectivity index (χ0) is 15.7. The summed E-state index contributed by atoms with van der Waals surface area (Å²) in [4.78, 5) is 2.14. The summed E-state index contributed by atoms with van der Waals surface area (Å²) in [5.74, 6) is -0.0163.